The number of aliphatic hydroxyl groups is 1. The average molecular weight is 311 g/mol. The van der Waals surface area contributed by atoms with Gasteiger partial charge in [-0.25, -0.2) is 9.18 Å². The van der Waals surface area contributed by atoms with E-state index in [0.29, 0.717) is 17.5 Å². The van der Waals surface area contributed by atoms with Crippen molar-refractivity contribution in [3.8, 4) is 0 Å². The Morgan fingerprint density at radius 3 is 2.91 bits per heavy atom. The Morgan fingerprint density at radius 2 is 2.23 bits per heavy atom. The van der Waals surface area contributed by atoms with Crippen molar-refractivity contribution >= 4 is 6.09 Å². The lowest BCUT2D eigenvalue weighted by Gasteiger charge is -2.29. The predicted molar refractivity (Wildman–Crippen MR) is 78.9 cm³/mol. The summed E-state index contributed by atoms with van der Waals surface area (Å²) >= 11 is 0. The van der Waals surface area contributed by atoms with Crippen molar-refractivity contribution in [1.29, 1.82) is 0 Å². The van der Waals surface area contributed by atoms with E-state index >= 15 is 0 Å². The molecule has 22 heavy (non-hydrogen) atoms. The first-order chi connectivity index (χ1) is 10.3. The smallest absolute Gasteiger partial charge is 0.407 e. The molecule has 0 aromatic heterocycles. The van der Waals surface area contributed by atoms with Gasteiger partial charge in [0, 0.05) is 17.5 Å². The quantitative estimate of drug-likeness (QED) is 0.901. The van der Waals surface area contributed by atoms with Gasteiger partial charge in [-0.3, -0.25) is 0 Å². The van der Waals surface area contributed by atoms with Crippen molar-refractivity contribution in [1.82, 2.24) is 5.32 Å². The van der Waals surface area contributed by atoms with Gasteiger partial charge in [0.1, 0.15) is 11.9 Å². The Hall–Kier alpha value is -1.66. The number of carbonyl (C=O) groups excluding carboxylic acids is 1. The molecule has 0 radical (unpaired) electrons. The molecule has 0 fully saturated rings. The zero-order chi connectivity index (χ0) is 16.3. The van der Waals surface area contributed by atoms with Gasteiger partial charge in [0.15, 0.2) is 0 Å². The van der Waals surface area contributed by atoms with Gasteiger partial charge < -0.3 is 19.9 Å². The first-order valence-electron chi connectivity index (χ1n) is 7.31. The number of nitrogens with one attached hydrogen (secondary N) is 1. The van der Waals surface area contributed by atoms with Crippen LogP contribution < -0.4 is 5.32 Å². The maximum Gasteiger partial charge on any atom is 0.407 e. The standard InChI is InChI=1S/C16H22FNO4/c1-16(2,3)18-15(20)21-8-7-13-14-10(12(19)9-22-13)5-4-6-11(14)17/h4-6,12-13,19H,7-9H2,1-3H3,(H,18,20)/t12-,13+/m0/s1. The molecule has 1 heterocycles. The molecule has 1 aromatic rings. The summed E-state index contributed by atoms with van der Waals surface area (Å²) < 4.78 is 24.6. The second-order valence-electron chi connectivity index (χ2n) is 6.38. The van der Waals surface area contributed by atoms with Gasteiger partial charge in [-0.2, -0.15) is 0 Å². The minimum atomic E-state index is -0.827. The second kappa shape index (κ2) is 6.62. The van der Waals surface area contributed by atoms with Crippen LogP contribution >= 0.6 is 0 Å². The predicted octanol–water partition coefficient (Wildman–Crippen LogP) is 2.85. The van der Waals surface area contributed by atoms with Gasteiger partial charge >= 0.3 is 6.09 Å². The van der Waals surface area contributed by atoms with E-state index in [1.165, 1.54) is 6.07 Å². The number of rotatable bonds is 3. The molecular formula is C16H22FNO4. The topological polar surface area (TPSA) is 67.8 Å². The van der Waals surface area contributed by atoms with E-state index in [0.717, 1.165) is 0 Å². The lowest BCUT2D eigenvalue weighted by atomic mass is 9.94. The Labute approximate surface area is 129 Å². The molecule has 0 aliphatic carbocycles. The van der Waals surface area contributed by atoms with Crippen LogP contribution in [-0.2, 0) is 9.47 Å². The summed E-state index contributed by atoms with van der Waals surface area (Å²) in [4.78, 5) is 11.6. The molecule has 0 saturated heterocycles. The normalized spacial score (nSPS) is 21.1. The van der Waals surface area contributed by atoms with Crippen LogP contribution in [0, 0.1) is 5.82 Å². The van der Waals surface area contributed by atoms with Crippen molar-refractivity contribution in [2.24, 2.45) is 0 Å². The molecule has 1 amide bonds. The molecule has 2 N–H and O–H groups in total. The highest BCUT2D eigenvalue weighted by molar-refractivity contribution is 5.68. The molecule has 5 nitrogen and oxygen atoms in total. The number of alkyl carbamates (subject to hydrolysis) is 1. The molecule has 2 rings (SSSR count). The van der Waals surface area contributed by atoms with Crippen LogP contribution in [0.3, 0.4) is 0 Å². The molecule has 122 valence electrons. The number of benzene rings is 1. The summed E-state index contributed by atoms with van der Waals surface area (Å²) in [6.07, 6.45) is -1.54. The molecule has 0 bridgehead atoms. The van der Waals surface area contributed by atoms with Gasteiger partial charge in [-0.05, 0) is 32.4 Å². The number of amides is 1. The fourth-order valence-corrected chi connectivity index (χ4v) is 2.39. The van der Waals surface area contributed by atoms with Crippen LogP contribution in [0.1, 0.15) is 50.5 Å². The first-order valence-corrected chi connectivity index (χ1v) is 7.31. The molecule has 1 aromatic carbocycles. The van der Waals surface area contributed by atoms with Crippen molar-refractivity contribution in [3.05, 3.63) is 35.1 Å². The highest BCUT2D eigenvalue weighted by Gasteiger charge is 2.29. The third kappa shape index (κ3) is 4.18. The fourth-order valence-electron chi connectivity index (χ4n) is 2.39. The molecular weight excluding hydrogens is 289 g/mol. The summed E-state index contributed by atoms with van der Waals surface area (Å²) in [5, 5.41) is 12.5. The highest BCUT2D eigenvalue weighted by Crippen LogP contribution is 2.36. The molecule has 2 atom stereocenters. The zero-order valence-corrected chi connectivity index (χ0v) is 13.1. The SMILES string of the molecule is CC(C)(C)NC(=O)OCC[C@H]1OC[C@H](O)c2cccc(F)c21. The summed E-state index contributed by atoms with van der Waals surface area (Å²) in [5.41, 5.74) is 0.512. The first kappa shape index (κ1) is 16.7. The van der Waals surface area contributed by atoms with Crippen LogP contribution in [0.4, 0.5) is 9.18 Å². The molecule has 1 aliphatic heterocycles. The summed E-state index contributed by atoms with van der Waals surface area (Å²) in [6, 6.07) is 4.58. The van der Waals surface area contributed by atoms with Gasteiger partial charge in [0.2, 0.25) is 0 Å². The van der Waals surface area contributed by atoms with Crippen LogP contribution in [0.25, 0.3) is 0 Å². The third-order valence-electron chi connectivity index (χ3n) is 3.31. The summed E-state index contributed by atoms with van der Waals surface area (Å²) in [7, 11) is 0. The number of carbonyl (C=O) groups is 1. The third-order valence-corrected chi connectivity index (χ3v) is 3.31. The zero-order valence-electron chi connectivity index (χ0n) is 13.1. The maximum atomic E-state index is 14.0. The Balaban J connectivity index is 1.95. The van der Waals surface area contributed by atoms with Crippen LogP contribution in [0.5, 0.6) is 0 Å². The lowest BCUT2D eigenvalue weighted by Crippen LogP contribution is -2.41. The van der Waals surface area contributed by atoms with E-state index < -0.39 is 24.1 Å². The van der Waals surface area contributed by atoms with Gasteiger partial charge in [0.05, 0.1) is 19.3 Å². The molecule has 0 saturated carbocycles. The van der Waals surface area contributed by atoms with Gasteiger partial charge in [0.25, 0.3) is 0 Å². The van der Waals surface area contributed by atoms with Crippen LogP contribution in [0.15, 0.2) is 18.2 Å². The van der Waals surface area contributed by atoms with E-state index in [1.807, 2.05) is 20.8 Å². The maximum absolute atomic E-state index is 14.0. The Morgan fingerprint density at radius 1 is 1.50 bits per heavy atom. The van der Waals surface area contributed by atoms with Crippen molar-refractivity contribution < 1.29 is 23.8 Å². The number of hydrogen-bond donors (Lipinski definition) is 2. The average Bonchev–Trinajstić information content (AvgIpc) is 2.40. The summed E-state index contributed by atoms with van der Waals surface area (Å²) in [6.45, 7) is 5.77. The Kier molecular flexibility index (Phi) is 5.03. The second-order valence-corrected chi connectivity index (χ2v) is 6.38. The van der Waals surface area contributed by atoms with Gasteiger partial charge in [-0.1, -0.05) is 12.1 Å². The van der Waals surface area contributed by atoms with E-state index in [1.54, 1.807) is 12.1 Å². The monoisotopic (exact) mass is 311 g/mol. The van der Waals surface area contributed by atoms with Crippen molar-refractivity contribution in [2.75, 3.05) is 13.2 Å². The molecule has 1 aliphatic rings. The van der Waals surface area contributed by atoms with Crippen molar-refractivity contribution in [3.63, 3.8) is 0 Å². The number of ether oxygens (including phenoxy) is 2. The Bertz CT molecular complexity index is 541. The van der Waals surface area contributed by atoms with E-state index in [9.17, 15) is 14.3 Å². The van der Waals surface area contributed by atoms with E-state index in [4.69, 9.17) is 9.47 Å². The van der Waals surface area contributed by atoms with Crippen LogP contribution in [0.2, 0.25) is 0 Å². The molecule has 6 heteroatoms. The number of aliphatic hydroxyl groups excluding tert-OH is 1. The van der Waals surface area contributed by atoms with E-state index in [-0.39, 0.29) is 18.8 Å². The molecule has 0 spiro atoms. The minimum Gasteiger partial charge on any atom is -0.449 e. The largest absolute Gasteiger partial charge is 0.449 e. The van der Waals surface area contributed by atoms with Gasteiger partial charge in [-0.15, -0.1) is 0 Å². The summed E-state index contributed by atoms with van der Waals surface area (Å²) in [5.74, 6) is -0.416. The van der Waals surface area contributed by atoms with Crippen LogP contribution in [-0.4, -0.2) is 30.0 Å². The fraction of sp³-hybridized carbons (Fsp3) is 0.562. The number of halogens is 1. The number of hydrogen-bond acceptors (Lipinski definition) is 4. The highest BCUT2D eigenvalue weighted by atomic mass is 19.1. The van der Waals surface area contributed by atoms with E-state index in [2.05, 4.69) is 5.32 Å². The van der Waals surface area contributed by atoms with Crippen molar-refractivity contribution in [2.45, 2.75) is 44.9 Å². The lowest BCUT2D eigenvalue weighted by molar-refractivity contribution is -0.0416. The number of fused-ring (bicyclic) bond motifs is 1. The minimum absolute atomic E-state index is 0.106. The molecule has 0 unspecified atom stereocenters.